The van der Waals surface area contributed by atoms with Crippen LogP contribution in [0.5, 0.6) is 0 Å². The summed E-state index contributed by atoms with van der Waals surface area (Å²) in [6.45, 7) is 13.0. The molecule has 0 spiro atoms. The number of hydrogen-bond acceptors (Lipinski definition) is 3. The molecule has 2 aromatic rings. The summed E-state index contributed by atoms with van der Waals surface area (Å²) in [5.41, 5.74) is 2.64. The van der Waals surface area contributed by atoms with Gasteiger partial charge < -0.3 is 10.6 Å². The molecule has 0 bridgehead atoms. The normalized spacial score (nSPS) is 12.3. The maximum absolute atomic E-state index is 4.65. The van der Waals surface area contributed by atoms with Crippen LogP contribution in [0.2, 0.25) is 0 Å². The van der Waals surface area contributed by atoms with Crippen molar-refractivity contribution in [2.75, 3.05) is 13.1 Å². The molecule has 1 aromatic carbocycles. The second-order valence-electron chi connectivity index (χ2n) is 6.66. The highest BCUT2D eigenvalue weighted by molar-refractivity contribution is 7.11. The number of thiazole rings is 1. The number of aryl methyl sites for hydroxylation is 2. The van der Waals surface area contributed by atoms with Crippen LogP contribution in [0.1, 0.15) is 41.8 Å². The van der Waals surface area contributed by atoms with Crippen molar-refractivity contribution in [3.63, 3.8) is 0 Å². The second-order valence-corrected chi connectivity index (χ2v) is 7.98. The molecule has 0 saturated carbocycles. The van der Waals surface area contributed by atoms with Crippen LogP contribution in [0, 0.1) is 13.8 Å². The van der Waals surface area contributed by atoms with E-state index in [0.29, 0.717) is 6.54 Å². The van der Waals surface area contributed by atoms with Gasteiger partial charge in [-0.3, -0.25) is 0 Å². The van der Waals surface area contributed by atoms with Gasteiger partial charge in [-0.05, 0) is 26.3 Å². The van der Waals surface area contributed by atoms with Crippen molar-refractivity contribution in [3.05, 3.63) is 51.5 Å². The maximum atomic E-state index is 4.65. The number of nitrogens with one attached hydrogen (secondary N) is 2. The quantitative estimate of drug-likeness (QED) is 0.619. The molecule has 0 atom stereocenters. The Kier molecular flexibility index (Phi) is 6.37. The smallest absolute Gasteiger partial charge is 0.191 e. The van der Waals surface area contributed by atoms with Crippen LogP contribution in [0.3, 0.4) is 0 Å². The van der Waals surface area contributed by atoms with Crippen LogP contribution in [0.15, 0.2) is 35.5 Å². The summed E-state index contributed by atoms with van der Waals surface area (Å²) in [5, 5.41) is 7.82. The lowest BCUT2D eigenvalue weighted by molar-refractivity contribution is 0.508. The fraction of sp³-hybridized carbons (Fsp3) is 0.474. The van der Waals surface area contributed by atoms with Gasteiger partial charge in [0.25, 0.3) is 0 Å². The van der Waals surface area contributed by atoms with Crippen molar-refractivity contribution in [1.29, 1.82) is 0 Å². The van der Waals surface area contributed by atoms with E-state index in [4.69, 9.17) is 0 Å². The topological polar surface area (TPSA) is 49.3 Å². The lowest BCUT2D eigenvalue weighted by Gasteiger charge is -2.27. The third kappa shape index (κ3) is 5.34. The standard InChI is InChI=1S/C19H28N4S/c1-6-20-18(22-12-17-21-11-15(3)24-17)23-13-19(4,5)16-9-7-14(2)8-10-16/h7-11H,6,12-13H2,1-5H3,(H2,20,22,23). The van der Waals surface area contributed by atoms with Crippen LogP contribution in [-0.4, -0.2) is 24.0 Å². The molecule has 5 heteroatoms. The Morgan fingerprint density at radius 1 is 1.17 bits per heavy atom. The van der Waals surface area contributed by atoms with Gasteiger partial charge in [-0.2, -0.15) is 0 Å². The van der Waals surface area contributed by atoms with Crippen molar-refractivity contribution in [1.82, 2.24) is 15.6 Å². The number of rotatable bonds is 6. The van der Waals surface area contributed by atoms with E-state index in [0.717, 1.165) is 24.1 Å². The number of nitrogens with zero attached hydrogens (tertiary/aromatic N) is 2. The predicted octanol–water partition coefficient (Wildman–Crippen LogP) is 3.79. The van der Waals surface area contributed by atoms with Crippen molar-refractivity contribution >= 4 is 17.3 Å². The van der Waals surface area contributed by atoms with E-state index in [1.54, 1.807) is 11.3 Å². The molecule has 1 heterocycles. The summed E-state index contributed by atoms with van der Waals surface area (Å²) >= 11 is 1.70. The van der Waals surface area contributed by atoms with Crippen LogP contribution < -0.4 is 10.6 Å². The molecule has 4 nitrogen and oxygen atoms in total. The number of aliphatic imine (C=N–C) groups is 1. The molecule has 130 valence electrons. The molecule has 0 unspecified atom stereocenters. The SMILES string of the molecule is CCNC(=NCc1ncc(C)s1)NCC(C)(C)c1ccc(C)cc1. The monoisotopic (exact) mass is 344 g/mol. The summed E-state index contributed by atoms with van der Waals surface area (Å²) in [7, 11) is 0. The van der Waals surface area contributed by atoms with E-state index in [9.17, 15) is 0 Å². The van der Waals surface area contributed by atoms with Gasteiger partial charge in [0.05, 0.1) is 6.54 Å². The third-order valence-corrected chi connectivity index (χ3v) is 4.81. The van der Waals surface area contributed by atoms with Gasteiger partial charge in [0.1, 0.15) is 5.01 Å². The van der Waals surface area contributed by atoms with Gasteiger partial charge in [0, 0.05) is 29.6 Å². The number of hydrogen-bond donors (Lipinski definition) is 2. The zero-order valence-electron chi connectivity index (χ0n) is 15.3. The minimum atomic E-state index is 0.0294. The molecule has 0 aliphatic carbocycles. The van der Waals surface area contributed by atoms with E-state index < -0.39 is 0 Å². The molecule has 0 aliphatic heterocycles. The van der Waals surface area contributed by atoms with Gasteiger partial charge >= 0.3 is 0 Å². The molecule has 0 fully saturated rings. The van der Waals surface area contributed by atoms with Crippen molar-refractivity contribution in [3.8, 4) is 0 Å². The highest BCUT2D eigenvalue weighted by Crippen LogP contribution is 2.22. The number of benzene rings is 1. The molecule has 0 aliphatic rings. The first-order valence-corrected chi connectivity index (χ1v) is 9.23. The first-order chi connectivity index (χ1) is 11.4. The first kappa shape index (κ1) is 18.5. The largest absolute Gasteiger partial charge is 0.357 e. The minimum Gasteiger partial charge on any atom is -0.357 e. The van der Waals surface area contributed by atoms with Crippen molar-refractivity contribution in [2.24, 2.45) is 4.99 Å². The first-order valence-electron chi connectivity index (χ1n) is 8.41. The molecule has 24 heavy (non-hydrogen) atoms. The Morgan fingerprint density at radius 3 is 2.46 bits per heavy atom. The molecule has 0 amide bonds. The van der Waals surface area contributed by atoms with Crippen molar-refractivity contribution < 1.29 is 0 Å². The molecular formula is C19H28N4S. The van der Waals surface area contributed by atoms with Gasteiger partial charge in [-0.1, -0.05) is 43.7 Å². The van der Waals surface area contributed by atoms with E-state index >= 15 is 0 Å². The predicted molar refractivity (Wildman–Crippen MR) is 104 cm³/mol. The summed E-state index contributed by atoms with van der Waals surface area (Å²) in [6, 6.07) is 8.75. The highest BCUT2D eigenvalue weighted by Gasteiger charge is 2.20. The molecule has 2 N–H and O–H groups in total. The Morgan fingerprint density at radius 2 is 1.88 bits per heavy atom. The van der Waals surface area contributed by atoms with E-state index in [2.05, 4.69) is 79.5 Å². The fourth-order valence-electron chi connectivity index (χ4n) is 2.37. The molecule has 0 saturated heterocycles. The molecule has 2 rings (SSSR count). The second kappa shape index (κ2) is 8.29. The van der Waals surface area contributed by atoms with E-state index in [1.165, 1.54) is 16.0 Å². The van der Waals surface area contributed by atoms with Crippen LogP contribution in [-0.2, 0) is 12.0 Å². The Balaban J connectivity index is 2.00. The average Bonchev–Trinajstić information content (AvgIpc) is 2.96. The van der Waals surface area contributed by atoms with Crippen LogP contribution >= 0.6 is 11.3 Å². The summed E-state index contributed by atoms with van der Waals surface area (Å²) in [4.78, 5) is 10.2. The Bertz CT molecular complexity index is 671. The third-order valence-electron chi connectivity index (χ3n) is 3.92. The maximum Gasteiger partial charge on any atom is 0.191 e. The van der Waals surface area contributed by atoms with Gasteiger partial charge in [-0.15, -0.1) is 11.3 Å². The lowest BCUT2D eigenvalue weighted by atomic mass is 9.84. The Hall–Kier alpha value is -1.88. The molecular weight excluding hydrogens is 316 g/mol. The molecule has 1 aromatic heterocycles. The lowest BCUT2D eigenvalue weighted by Crippen LogP contribution is -2.43. The summed E-state index contributed by atoms with van der Waals surface area (Å²) < 4.78 is 0. The summed E-state index contributed by atoms with van der Waals surface area (Å²) in [5.74, 6) is 0.838. The van der Waals surface area contributed by atoms with Crippen LogP contribution in [0.25, 0.3) is 0 Å². The van der Waals surface area contributed by atoms with E-state index in [1.807, 2.05) is 6.20 Å². The number of aromatic nitrogens is 1. The van der Waals surface area contributed by atoms with E-state index in [-0.39, 0.29) is 5.41 Å². The van der Waals surface area contributed by atoms with Crippen LogP contribution in [0.4, 0.5) is 0 Å². The number of guanidine groups is 1. The zero-order chi connectivity index (χ0) is 17.6. The zero-order valence-corrected chi connectivity index (χ0v) is 16.1. The molecule has 0 radical (unpaired) electrons. The average molecular weight is 345 g/mol. The fourth-order valence-corrected chi connectivity index (χ4v) is 3.09. The van der Waals surface area contributed by atoms with Gasteiger partial charge in [-0.25, -0.2) is 9.98 Å². The Labute approximate surface area is 149 Å². The van der Waals surface area contributed by atoms with Crippen molar-refractivity contribution in [2.45, 2.75) is 46.6 Å². The summed E-state index contributed by atoms with van der Waals surface area (Å²) in [6.07, 6.45) is 1.90. The van der Waals surface area contributed by atoms with Gasteiger partial charge in [0.15, 0.2) is 5.96 Å². The van der Waals surface area contributed by atoms with Gasteiger partial charge in [0.2, 0.25) is 0 Å². The highest BCUT2D eigenvalue weighted by atomic mass is 32.1. The minimum absolute atomic E-state index is 0.0294.